The summed E-state index contributed by atoms with van der Waals surface area (Å²) in [5.74, 6) is 1.95. The number of amides is 1. The number of carbonyl (C=O) groups excluding carboxylic acids is 1. The Hall–Kier alpha value is -2.76. The molecule has 1 aliphatic heterocycles. The van der Waals surface area contributed by atoms with E-state index in [1.54, 1.807) is 6.20 Å². The molecule has 1 saturated carbocycles. The van der Waals surface area contributed by atoms with Gasteiger partial charge in [0.15, 0.2) is 0 Å². The minimum absolute atomic E-state index is 0.0185. The molecule has 0 bridgehead atoms. The predicted molar refractivity (Wildman–Crippen MR) is 117 cm³/mol. The molecule has 2 atom stereocenters. The van der Waals surface area contributed by atoms with E-state index in [2.05, 4.69) is 22.1 Å². The summed E-state index contributed by atoms with van der Waals surface area (Å²) < 4.78 is 11.9. The summed E-state index contributed by atoms with van der Waals surface area (Å²) in [7, 11) is 0. The number of carbonyl (C=O) groups is 1. The van der Waals surface area contributed by atoms with E-state index in [0.29, 0.717) is 12.5 Å². The van der Waals surface area contributed by atoms with E-state index < -0.39 is 0 Å². The summed E-state index contributed by atoms with van der Waals surface area (Å²) in [5.41, 5.74) is 2.22. The van der Waals surface area contributed by atoms with Gasteiger partial charge in [0, 0.05) is 36.8 Å². The zero-order chi connectivity index (χ0) is 20.9. The average Bonchev–Trinajstić information content (AvgIpc) is 3.52. The first-order valence-electron chi connectivity index (χ1n) is 11.0. The van der Waals surface area contributed by atoms with Crippen LogP contribution in [0.3, 0.4) is 0 Å². The van der Waals surface area contributed by atoms with E-state index in [9.17, 15) is 4.79 Å². The van der Waals surface area contributed by atoms with Crippen molar-refractivity contribution in [3.63, 3.8) is 0 Å². The normalized spacial score (nSPS) is 19.4. The van der Waals surface area contributed by atoms with Gasteiger partial charge in [-0.3, -0.25) is 4.79 Å². The van der Waals surface area contributed by atoms with Gasteiger partial charge in [-0.1, -0.05) is 19.1 Å². The van der Waals surface area contributed by atoms with Crippen molar-refractivity contribution in [1.29, 1.82) is 0 Å². The molecule has 1 saturated heterocycles. The maximum Gasteiger partial charge on any atom is 0.223 e. The molecule has 0 radical (unpaired) electrons. The lowest BCUT2D eigenvalue weighted by atomic mass is 10.1. The fourth-order valence-corrected chi connectivity index (χ4v) is 3.73. The Labute approximate surface area is 178 Å². The summed E-state index contributed by atoms with van der Waals surface area (Å²) in [6.07, 6.45) is 5.94. The van der Waals surface area contributed by atoms with Crippen LogP contribution in [0.4, 0.5) is 5.69 Å². The molecule has 2 heterocycles. The summed E-state index contributed by atoms with van der Waals surface area (Å²) in [6.45, 7) is 6.58. The van der Waals surface area contributed by atoms with Gasteiger partial charge in [0.1, 0.15) is 11.9 Å². The number of rotatable bonds is 9. The van der Waals surface area contributed by atoms with Gasteiger partial charge in [-0.25, -0.2) is 4.98 Å². The first-order chi connectivity index (χ1) is 14.6. The summed E-state index contributed by atoms with van der Waals surface area (Å²) in [4.78, 5) is 18.6. The van der Waals surface area contributed by atoms with Gasteiger partial charge >= 0.3 is 0 Å². The second-order valence-electron chi connectivity index (χ2n) is 8.25. The van der Waals surface area contributed by atoms with E-state index in [1.165, 1.54) is 0 Å². The van der Waals surface area contributed by atoms with Gasteiger partial charge in [-0.05, 0) is 49.9 Å². The summed E-state index contributed by atoms with van der Waals surface area (Å²) in [6, 6.07) is 12.1. The maximum absolute atomic E-state index is 12.0. The van der Waals surface area contributed by atoms with E-state index in [1.807, 2.05) is 43.3 Å². The topological polar surface area (TPSA) is 63.7 Å². The van der Waals surface area contributed by atoms with Gasteiger partial charge in [-0.2, -0.15) is 0 Å². The van der Waals surface area contributed by atoms with E-state index in [0.717, 1.165) is 55.8 Å². The van der Waals surface area contributed by atoms with Crippen molar-refractivity contribution in [3.05, 3.63) is 48.2 Å². The number of aromatic nitrogens is 1. The third-order valence-electron chi connectivity index (χ3n) is 5.67. The van der Waals surface area contributed by atoms with Gasteiger partial charge in [-0.15, -0.1) is 0 Å². The molecular formula is C24H31N3O3. The average molecular weight is 410 g/mol. The molecule has 1 N–H and O–H groups in total. The summed E-state index contributed by atoms with van der Waals surface area (Å²) in [5, 5.41) is 3.09. The molecule has 1 aliphatic carbocycles. The third-order valence-corrected chi connectivity index (χ3v) is 5.67. The van der Waals surface area contributed by atoms with Gasteiger partial charge in [0.2, 0.25) is 11.8 Å². The molecule has 4 rings (SSSR count). The first kappa shape index (κ1) is 20.5. The number of anilines is 1. The largest absolute Gasteiger partial charge is 0.489 e. The van der Waals surface area contributed by atoms with Crippen molar-refractivity contribution in [1.82, 2.24) is 10.3 Å². The highest BCUT2D eigenvalue weighted by molar-refractivity contribution is 5.81. The lowest BCUT2D eigenvalue weighted by Gasteiger charge is -2.20. The molecule has 1 amide bonds. The lowest BCUT2D eigenvalue weighted by molar-refractivity contribution is -0.122. The van der Waals surface area contributed by atoms with Crippen LogP contribution in [0.25, 0.3) is 0 Å². The van der Waals surface area contributed by atoms with Crippen molar-refractivity contribution in [2.24, 2.45) is 5.92 Å². The number of hydrogen-bond acceptors (Lipinski definition) is 5. The summed E-state index contributed by atoms with van der Waals surface area (Å²) >= 11 is 0. The highest BCUT2D eigenvalue weighted by atomic mass is 16.5. The second kappa shape index (κ2) is 9.37. The van der Waals surface area contributed by atoms with Crippen molar-refractivity contribution in [2.45, 2.75) is 51.7 Å². The van der Waals surface area contributed by atoms with Crippen molar-refractivity contribution in [2.75, 3.05) is 24.6 Å². The number of nitrogens with zero attached hydrogens (tertiary/aromatic N) is 2. The number of benzene rings is 1. The van der Waals surface area contributed by atoms with Crippen LogP contribution in [0.5, 0.6) is 11.6 Å². The second-order valence-corrected chi connectivity index (χ2v) is 8.25. The van der Waals surface area contributed by atoms with Crippen LogP contribution in [0.15, 0.2) is 42.6 Å². The Kier molecular flexibility index (Phi) is 6.41. The molecule has 2 fully saturated rings. The predicted octanol–water partition coefficient (Wildman–Crippen LogP) is 4.12. The third kappa shape index (κ3) is 5.23. The fourth-order valence-electron chi connectivity index (χ4n) is 3.73. The zero-order valence-corrected chi connectivity index (χ0v) is 17.8. The van der Waals surface area contributed by atoms with Gasteiger partial charge in [0.05, 0.1) is 19.2 Å². The van der Waals surface area contributed by atoms with Crippen LogP contribution in [-0.2, 0) is 4.79 Å². The molecule has 1 aromatic heterocycles. The number of ether oxygens (including phenoxy) is 2. The van der Waals surface area contributed by atoms with Crippen molar-refractivity contribution in [3.8, 4) is 11.6 Å². The van der Waals surface area contributed by atoms with E-state index in [4.69, 9.17) is 9.47 Å². The Morgan fingerprint density at radius 2 is 2.03 bits per heavy atom. The number of nitrogens with one attached hydrogen (secondary N) is 1. The molecule has 6 nitrogen and oxygen atoms in total. The molecule has 2 aliphatic rings. The van der Waals surface area contributed by atoms with Crippen LogP contribution in [0.2, 0.25) is 0 Å². The highest BCUT2D eigenvalue weighted by Crippen LogP contribution is 2.30. The molecule has 2 aromatic rings. The molecule has 30 heavy (non-hydrogen) atoms. The smallest absolute Gasteiger partial charge is 0.223 e. The number of pyridine rings is 1. The van der Waals surface area contributed by atoms with E-state index in [-0.39, 0.29) is 24.0 Å². The molecule has 0 spiro atoms. The van der Waals surface area contributed by atoms with Crippen LogP contribution in [0.1, 0.15) is 51.1 Å². The Balaban J connectivity index is 1.29. The lowest BCUT2D eigenvalue weighted by Crippen LogP contribution is -2.27. The SMILES string of the molecule is CCCOc1cc(N2CC[C@@H](Oc3ccc([C@H](C)NC(=O)C4CC4)cc3)C2)ccn1. The van der Waals surface area contributed by atoms with Crippen molar-refractivity contribution < 1.29 is 14.3 Å². The Bertz CT molecular complexity index is 851. The van der Waals surface area contributed by atoms with Gasteiger partial charge in [0.25, 0.3) is 0 Å². The molecule has 6 heteroatoms. The Morgan fingerprint density at radius 3 is 2.77 bits per heavy atom. The minimum atomic E-state index is 0.0185. The van der Waals surface area contributed by atoms with Crippen LogP contribution in [0, 0.1) is 5.92 Å². The molecule has 1 aromatic carbocycles. The molecule has 160 valence electrons. The Morgan fingerprint density at radius 1 is 1.23 bits per heavy atom. The fraction of sp³-hybridized carbons (Fsp3) is 0.500. The van der Waals surface area contributed by atoms with Gasteiger partial charge < -0.3 is 19.7 Å². The quantitative estimate of drug-likeness (QED) is 0.675. The molecular weight excluding hydrogens is 378 g/mol. The van der Waals surface area contributed by atoms with Crippen LogP contribution >= 0.6 is 0 Å². The number of hydrogen-bond donors (Lipinski definition) is 1. The molecule has 0 unspecified atom stereocenters. The monoisotopic (exact) mass is 409 g/mol. The van der Waals surface area contributed by atoms with Crippen LogP contribution in [-0.4, -0.2) is 36.7 Å². The maximum atomic E-state index is 12.0. The first-order valence-corrected chi connectivity index (χ1v) is 11.0. The standard InChI is InChI=1S/C24H31N3O3/c1-3-14-29-23-15-20(10-12-25-23)27-13-11-22(16-27)30-21-8-6-18(7-9-21)17(2)26-24(28)19-4-5-19/h6-10,12,15,17,19,22H,3-5,11,13-14,16H2,1-2H3,(H,26,28)/t17-,22+/m0/s1. The minimum Gasteiger partial charge on any atom is -0.489 e. The zero-order valence-electron chi connectivity index (χ0n) is 17.8. The van der Waals surface area contributed by atoms with Crippen LogP contribution < -0.4 is 19.7 Å². The van der Waals surface area contributed by atoms with Crippen molar-refractivity contribution >= 4 is 11.6 Å². The van der Waals surface area contributed by atoms with E-state index >= 15 is 0 Å². The highest BCUT2D eigenvalue weighted by Gasteiger charge is 2.30.